The standard InChI is InChI=1S/C19H17F3N4O2/c1-18(2,11-23)17(28)26-25-16(27)14-5-3-4-6-15(14)24-13-9-7-12(8-10-13)19(20,21)22/h3-10,24H,1-2H3,(H,25,27)(H,26,28). The van der Waals surface area contributed by atoms with E-state index in [0.717, 1.165) is 12.1 Å². The van der Waals surface area contributed by atoms with Gasteiger partial charge in [0.1, 0.15) is 5.41 Å². The van der Waals surface area contributed by atoms with Crippen LogP contribution in [-0.2, 0) is 11.0 Å². The van der Waals surface area contributed by atoms with Crippen molar-refractivity contribution in [3.8, 4) is 6.07 Å². The Hall–Kier alpha value is -3.54. The van der Waals surface area contributed by atoms with Gasteiger partial charge in [-0.05, 0) is 50.2 Å². The Bertz CT molecular complexity index is 916. The molecule has 0 aromatic heterocycles. The number of benzene rings is 2. The maximum Gasteiger partial charge on any atom is 0.416 e. The molecule has 28 heavy (non-hydrogen) atoms. The number of hydrazine groups is 1. The number of amides is 2. The maximum atomic E-state index is 12.6. The van der Waals surface area contributed by atoms with Crippen LogP contribution in [0.5, 0.6) is 0 Å². The molecule has 0 heterocycles. The zero-order valence-corrected chi connectivity index (χ0v) is 15.0. The van der Waals surface area contributed by atoms with E-state index in [4.69, 9.17) is 5.26 Å². The van der Waals surface area contributed by atoms with Crippen molar-refractivity contribution in [2.24, 2.45) is 5.41 Å². The number of rotatable bonds is 4. The van der Waals surface area contributed by atoms with Gasteiger partial charge in [0.25, 0.3) is 11.8 Å². The lowest BCUT2D eigenvalue weighted by molar-refractivity contribution is -0.137. The van der Waals surface area contributed by atoms with Crippen molar-refractivity contribution < 1.29 is 22.8 Å². The summed E-state index contributed by atoms with van der Waals surface area (Å²) in [4.78, 5) is 24.2. The van der Waals surface area contributed by atoms with E-state index < -0.39 is 29.0 Å². The number of alkyl halides is 3. The first-order valence-electron chi connectivity index (χ1n) is 8.10. The number of hydrogen-bond acceptors (Lipinski definition) is 4. The van der Waals surface area contributed by atoms with Crippen LogP contribution < -0.4 is 16.2 Å². The summed E-state index contributed by atoms with van der Waals surface area (Å²) in [5, 5.41) is 11.8. The van der Waals surface area contributed by atoms with Gasteiger partial charge in [0.05, 0.1) is 22.9 Å². The van der Waals surface area contributed by atoms with Gasteiger partial charge in [-0.2, -0.15) is 18.4 Å². The molecular formula is C19H17F3N4O2. The third-order valence-corrected chi connectivity index (χ3v) is 3.80. The largest absolute Gasteiger partial charge is 0.416 e. The highest BCUT2D eigenvalue weighted by atomic mass is 19.4. The van der Waals surface area contributed by atoms with E-state index >= 15 is 0 Å². The lowest BCUT2D eigenvalue weighted by Crippen LogP contribution is -2.47. The Kier molecular flexibility index (Phi) is 5.93. The van der Waals surface area contributed by atoms with Crippen LogP contribution in [0.25, 0.3) is 0 Å². The van der Waals surface area contributed by atoms with Gasteiger partial charge < -0.3 is 5.32 Å². The van der Waals surface area contributed by atoms with Gasteiger partial charge in [0, 0.05) is 5.69 Å². The van der Waals surface area contributed by atoms with E-state index in [1.54, 1.807) is 18.2 Å². The lowest BCUT2D eigenvalue weighted by Gasteiger charge is -2.17. The molecule has 9 heteroatoms. The van der Waals surface area contributed by atoms with Gasteiger partial charge in [-0.1, -0.05) is 12.1 Å². The Morgan fingerprint density at radius 1 is 0.964 bits per heavy atom. The molecular weight excluding hydrogens is 373 g/mol. The summed E-state index contributed by atoms with van der Waals surface area (Å²) in [5.41, 5.74) is 3.10. The second-order valence-electron chi connectivity index (χ2n) is 6.39. The van der Waals surface area contributed by atoms with Crippen molar-refractivity contribution in [2.45, 2.75) is 20.0 Å². The maximum absolute atomic E-state index is 12.6. The predicted octanol–water partition coefficient (Wildman–Crippen LogP) is 3.76. The van der Waals surface area contributed by atoms with Crippen molar-refractivity contribution in [2.75, 3.05) is 5.32 Å². The Labute approximate surface area is 159 Å². The summed E-state index contributed by atoms with van der Waals surface area (Å²) in [6.07, 6.45) is -4.44. The predicted molar refractivity (Wildman–Crippen MR) is 96.2 cm³/mol. The van der Waals surface area contributed by atoms with Crippen molar-refractivity contribution in [3.63, 3.8) is 0 Å². The fraction of sp³-hybridized carbons (Fsp3) is 0.211. The molecule has 0 atom stereocenters. The van der Waals surface area contributed by atoms with Gasteiger partial charge in [0.15, 0.2) is 0 Å². The van der Waals surface area contributed by atoms with Gasteiger partial charge in [-0.3, -0.25) is 20.4 Å². The van der Waals surface area contributed by atoms with Crippen molar-refractivity contribution in [1.82, 2.24) is 10.9 Å². The lowest BCUT2D eigenvalue weighted by atomic mass is 9.95. The molecule has 3 N–H and O–H groups in total. The first-order chi connectivity index (χ1) is 13.0. The van der Waals surface area contributed by atoms with Gasteiger partial charge >= 0.3 is 6.18 Å². The third-order valence-electron chi connectivity index (χ3n) is 3.80. The molecule has 0 aliphatic rings. The zero-order valence-electron chi connectivity index (χ0n) is 15.0. The summed E-state index contributed by atoms with van der Waals surface area (Å²) in [7, 11) is 0. The molecule has 0 fully saturated rings. The minimum Gasteiger partial charge on any atom is -0.355 e. The number of para-hydroxylation sites is 1. The van der Waals surface area contributed by atoms with Crippen molar-refractivity contribution in [3.05, 3.63) is 59.7 Å². The quantitative estimate of drug-likeness (QED) is 0.693. The van der Waals surface area contributed by atoms with Crippen LogP contribution in [0.15, 0.2) is 48.5 Å². The smallest absolute Gasteiger partial charge is 0.355 e. The molecule has 0 unspecified atom stereocenters. The molecule has 0 radical (unpaired) electrons. The molecule has 0 saturated heterocycles. The van der Waals surface area contributed by atoms with E-state index in [9.17, 15) is 22.8 Å². The summed E-state index contributed by atoms with van der Waals surface area (Å²) in [6, 6.07) is 12.4. The van der Waals surface area contributed by atoms with E-state index in [2.05, 4.69) is 16.2 Å². The van der Waals surface area contributed by atoms with E-state index in [1.807, 2.05) is 6.07 Å². The minimum atomic E-state index is -4.44. The molecule has 0 saturated carbocycles. The highest BCUT2D eigenvalue weighted by Crippen LogP contribution is 2.30. The average molecular weight is 390 g/mol. The monoisotopic (exact) mass is 390 g/mol. The molecule has 0 spiro atoms. The normalized spacial score (nSPS) is 11.3. The molecule has 146 valence electrons. The summed E-state index contributed by atoms with van der Waals surface area (Å²) >= 11 is 0. The minimum absolute atomic E-state index is 0.150. The number of nitriles is 1. The van der Waals surface area contributed by atoms with Crippen LogP contribution in [0, 0.1) is 16.7 Å². The molecule has 0 aliphatic carbocycles. The Morgan fingerprint density at radius 3 is 2.14 bits per heavy atom. The number of anilines is 2. The van der Waals surface area contributed by atoms with Gasteiger partial charge in [0.2, 0.25) is 0 Å². The first kappa shape index (κ1) is 20.8. The third kappa shape index (κ3) is 5.01. The number of nitrogens with one attached hydrogen (secondary N) is 3. The summed E-state index contributed by atoms with van der Waals surface area (Å²) in [6.45, 7) is 2.79. The molecule has 2 aromatic rings. The van der Waals surface area contributed by atoms with Crippen molar-refractivity contribution >= 4 is 23.2 Å². The summed E-state index contributed by atoms with van der Waals surface area (Å²) < 4.78 is 37.9. The van der Waals surface area contributed by atoms with Crippen molar-refractivity contribution in [1.29, 1.82) is 5.26 Å². The average Bonchev–Trinajstić information content (AvgIpc) is 2.66. The van der Waals surface area contributed by atoms with Crippen LogP contribution >= 0.6 is 0 Å². The summed E-state index contributed by atoms with van der Waals surface area (Å²) in [5.74, 6) is -1.34. The Morgan fingerprint density at radius 2 is 1.57 bits per heavy atom. The highest BCUT2D eigenvalue weighted by molar-refractivity contribution is 6.01. The first-order valence-corrected chi connectivity index (χ1v) is 8.10. The number of halogens is 3. The van der Waals surface area contributed by atoms with E-state index in [-0.39, 0.29) is 5.56 Å². The number of nitrogens with zero attached hydrogens (tertiary/aromatic N) is 1. The van der Waals surface area contributed by atoms with Gasteiger partial charge in [-0.15, -0.1) is 0 Å². The number of hydrogen-bond donors (Lipinski definition) is 3. The highest BCUT2D eigenvalue weighted by Gasteiger charge is 2.30. The molecule has 2 aromatic carbocycles. The van der Waals surface area contributed by atoms with Crippen LogP contribution in [0.4, 0.5) is 24.5 Å². The fourth-order valence-corrected chi connectivity index (χ4v) is 2.08. The van der Waals surface area contributed by atoms with E-state index in [1.165, 1.54) is 32.0 Å². The second-order valence-corrected chi connectivity index (χ2v) is 6.39. The molecule has 0 bridgehead atoms. The van der Waals surface area contributed by atoms with Crippen LogP contribution in [0.1, 0.15) is 29.8 Å². The number of carbonyl (C=O) groups excluding carboxylic acids is 2. The van der Waals surface area contributed by atoms with Crippen LogP contribution in [-0.4, -0.2) is 11.8 Å². The topological polar surface area (TPSA) is 94.0 Å². The SMILES string of the molecule is CC(C)(C#N)C(=O)NNC(=O)c1ccccc1Nc1ccc(C(F)(F)F)cc1. The molecule has 2 rings (SSSR count). The molecule has 2 amide bonds. The molecule has 0 aliphatic heterocycles. The van der Waals surface area contributed by atoms with E-state index in [0.29, 0.717) is 11.4 Å². The molecule has 6 nitrogen and oxygen atoms in total. The number of carbonyl (C=O) groups is 2. The van der Waals surface area contributed by atoms with Crippen LogP contribution in [0.2, 0.25) is 0 Å². The fourth-order valence-electron chi connectivity index (χ4n) is 2.08. The zero-order chi connectivity index (χ0) is 20.9. The Balaban J connectivity index is 2.13. The van der Waals surface area contributed by atoms with Gasteiger partial charge in [-0.25, -0.2) is 0 Å². The van der Waals surface area contributed by atoms with Crippen LogP contribution in [0.3, 0.4) is 0 Å². The second kappa shape index (κ2) is 8.00.